The molecule has 1 aliphatic heterocycles. The van der Waals surface area contributed by atoms with E-state index in [4.69, 9.17) is 9.88 Å². The minimum Gasteiger partial charge on any atom is -0.474 e. The summed E-state index contributed by atoms with van der Waals surface area (Å²) in [5.74, 6) is 0.768. The highest BCUT2D eigenvalue weighted by molar-refractivity contribution is 7.99. The van der Waals surface area contributed by atoms with Crippen LogP contribution in [0.3, 0.4) is 0 Å². The molecule has 0 saturated heterocycles. The molecule has 0 unspecified atom stereocenters. The first-order valence-electron chi connectivity index (χ1n) is 10.0. The molecule has 0 fully saturated rings. The van der Waals surface area contributed by atoms with Crippen molar-refractivity contribution in [3.63, 3.8) is 0 Å². The van der Waals surface area contributed by atoms with Gasteiger partial charge in [0, 0.05) is 16.0 Å². The average molecular weight is 418 g/mol. The van der Waals surface area contributed by atoms with Crippen molar-refractivity contribution in [2.75, 3.05) is 11.9 Å². The number of nitrogens with one attached hydrogen (secondary N) is 2. The molecule has 29 heavy (non-hydrogen) atoms. The first kappa shape index (κ1) is 18.6. The SMILES string of the molecule is C[C@@H]1Cc2cc3c(c(NC(=O)N[SH](N)(=O)c4cnn5c4OCC5(C)C)c21)CCC3. The maximum Gasteiger partial charge on any atom is 0.330 e. The largest absolute Gasteiger partial charge is 0.474 e. The summed E-state index contributed by atoms with van der Waals surface area (Å²) in [6.07, 6.45) is 5.54. The maximum absolute atomic E-state index is 13.2. The molecule has 9 heteroatoms. The molecule has 2 amide bonds. The van der Waals surface area contributed by atoms with Crippen LogP contribution < -0.4 is 19.9 Å². The van der Waals surface area contributed by atoms with Gasteiger partial charge in [0.05, 0.1) is 11.7 Å². The van der Waals surface area contributed by atoms with Crippen molar-refractivity contribution in [1.82, 2.24) is 14.5 Å². The van der Waals surface area contributed by atoms with Gasteiger partial charge in [0.25, 0.3) is 0 Å². The molecule has 156 valence electrons. The number of nitrogens with zero attached hydrogens (tertiary/aromatic N) is 2. The molecule has 8 nitrogen and oxygen atoms in total. The number of thiol groups is 1. The van der Waals surface area contributed by atoms with Gasteiger partial charge in [0.15, 0.2) is 0 Å². The van der Waals surface area contributed by atoms with E-state index in [0.717, 1.165) is 31.4 Å². The highest BCUT2D eigenvalue weighted by Crippen LogP contribution is 2.45. The first-order valence-corrected chi connectivity index (χ1v) is 11.8. The van der Waals surface area contributed by atoms with Crippen LogP contribution in [0.15, 0.2) is 17.2 Å². The van der Waals surface area contributed by atoms with Crippen molar-refractivity contribution in [2.24, 2.45) is 5.14 Å². The second kappa shape index (κ2) is 6.06. The molecule has 2 heterocycles. The number of hydrogen-bond acceptors (Lipinski definition) is 4. The van der Waals surface area contributed by atoms with Crippen LogP contribution in [0, 0.1) is 0 Å². The third-order valence-electron chi connectivity index (χ3n) is 6.25. The van der Waals surface area contributed by atoms with Gasteiger partial charge < -0.3 is 10.1 Å². The standard InChI is InChI=1S/C20H27N5O3S/c1-11-7-13-8-12-5-4-6-14(12)17(16(11)13)23-19(26)24-29(21,27)15-9-22-25-18(15)28-10-20(25,2)3/h8-9,11,29H,4-7,10H2,1-3H3,(H4,21,23,24,26,27)/t11-/m1/s1. The number of aryl methyl sites for hydroxylation is 1. The quantitative estimate of drug-likeness (QED) is 0.573. The Bertz CT molecular complexity index is 1090. The molecule has 1 aromatic carbocycles. The van der Waals surface area contributed by atoms with E-state index in [-0.39, 0.29) is 10.4 Å². The summed E-state index contributed by atoms with van der Waals surface area (Å²) < 4.78 is 23.0. The van der Waals surface area contributed by atoms with Gasteiger partial charge in [-0.25, -0.2) is 13.7 Å². The van der Waals surface area contributed by atoms with Crippen molar-refractivity contribution in [3.05, 3.63) is 34.5 Å². The lowest BCUT2D eigenvalue weighted by Gasteiger charge is -2.32. The number of ether oxygens (including phenoxy) is 1. The second-order valence-electron chi connectivity index (χ2n) is 8.99. The lowest BCUT2D eigenvalue weighted by Crippen LogP contribution is -2.45. The van der Waals surface area contributed by atoms with Gasteiger partial charge >= 0.3 is 6.03 Å². The Hall–Kier alpha value is -2.39. The molecular weight excluding hydrogens is 390 g/mol. The Morgan fingerprint density at radius 1 is 1.38 bits per heavy atom. The molecule has 0 saturated carbocycles. The zero-order chi connectivity index (χ0) is 20.6. The van der Waals surface area contributed by atoms with Gasteiger partial charge in [-0.3, -0.25) is 9.86 Å². The fourth-order valence-corrected chi connectivity index (χ4v) is 5.92. The van der Waals surface area contributed by atoms with E-state index in [1.807, 2.05) is 13.8 Å². The number of rotatable bonds is 3. The second-order valence-corrected chi connectivity index (χ2v) is 11.0. The number of carbonyl (C=O) groups is 1. The fraction of sp³-hybridized carbons (Fsp3) is 0.500. The van der Waals surface area contributed by atoms with Crippen LogP contribution in [0.1, 0.15) is 55.4 Å². The number of hydrogen-bond donors (Lipinski definition) is 4. The topological polar surface area (TPSA) is 111 Å². The van der Waals surface area contributed by atoms with Crippen molar-refractivity contribution in [3.8, 4) is 5.88 Å². The average Bonchev–Trinajstić information content (AvgIpc) is 3.30. The molecule has 1 atom stereocenters. The lowest BCUT2D eigenvalue weighted by atomic mass is 9.75. The summed E-state index contributed by atoms with van der Waals surface area (Å²) in [7, 11) is -3.70. The lowest BCUT2D eigenvalue weighted by molar-refractivity contribution is 0.256. The van der Waals surface area contributed by atoms with Crippen LogP contribution in [0.2, 0.25) is 0 Å². The Kier molecular flexibility index (Phi) is 3.89. The summed E-state index contributed by atoms with van der Waals surface area (Å²) in [6, 6.07) is 1.72. The first-order chi connectivity index (χ1) is 13.7. The summed E-state index contributed by atoms with van der Waals surface area (Å²) >= 11 is 0. The number of nitrogens with two attached hydrogens (primary N) is 1. The van der Waals surface area contributed by atoms with E-state index in [2.05, 4.69) is 28.1 Å². The van der Waals surface area contributed by atoms with Gasteiger partial charge in [0.2, 0.25) is 5.88 Å². The van der Waals surface area contributed by atoms with E-state index in [1.54, 1.807) is 4.68 Å². The molecule has 0 bridgehead atoms. The van der Waals surface area contributed by atoms with Crippen LogP contribution in [-0.4, -0.2) is 26.6 Å². The molecular formula is C20H27N5O3S. The molecule has 3 aliphatic rings. The van der Waals surface area contributed by atoms with Crippen molar-refractivity contribution in [1.29, 1.82) is 0 Å². The van der Waals surface area contributed by atoms with Gasteiger partial charge in [-0.2, -0.15) is 5.10 Å². The van der Waals surface area contributed by atoms with E-state index < -0.39 is 16.3 Å². The Morgan fingerprint density at radius 2 is 2.17 bits per heavy atom. The molecule has 5 rings (SSSR count). The van der Waals surface area contributed by atoms with Crippen molar-refractivity contribution >= 4 is 22.0 Å². The molecule has 0 spiro atoms. The van der Waals surface area contributed by atoms with Crippen LogP contribution in [-0.2, 0) is 35.1 Å². The number of urea groups is 1. The van der Waals surface area contributed by atoms with Gasteiger partial charge in [-0.1, -0.05) is 13.0 Å². The van der Waals surface area contributed by atoms with Crippen LogP contribution in [0.4, 0.5) is 10.5 Å². The highest BCUT2D eigenvalue weighted by Gasteiger charge is 2.37. The Morgan fingerprint density at radius 3 is 2.93 bits per heavy atom. The number of fused-ring (bicyclic) bond motifs is 3. The monoisotopic (exact) mass is 417 g/mol. The molecule has 2 aromatic rings. The number of anilines is 1. The molecule has 4 N–H and O–H groups in total. The van der Waals surface area contributed by atoms with Gasteiger partial charge in [-0.05, 0) is 67.7 Å². The predicted molar refractivity (Wildman–Crippen MR) is 112 cm³/mol. The zero-order valence-electron chi connectivity index (χ0n) is 16.9. The minimum atomic E-state index is -3.70. The van der Waals surface area contributed by atoms with E-state index in [1.165, 1.54) is 28.5 Å². The molecule has 2 aliphatic carbocycles. The fourth-order valence-electron chi connectivity index (χ4n) is 4.78. The van der Waals surface area contributed by atoms with E-state index in [9.17, 15) is 9.00 Å². The minimum absolute atomic E-state index is 0.234. The number of aromatic nitrogens is 2. The third kappa shape index (κ3) is 2.78. The number of amides is 2. The van der Waals surface area contributed by atoms with E-state index >= 15 is 0 Å². The van der Waals surface area contributed by atoms with Crippen LogP contribution >= 0.6 is 0 Å². The van der Waals surface area contributed by atoms with Gasteiger partial charge in [-0.15, -0.1) is 0 Å². The normalized spacial score (nSPS) is 21.4. The smallest absolute Gasteiger partial charge is 0.330 e. The highest BCUT2D eigenvalue weighted by atomic mass is 32.3. The van der Waals surface area contributed by atoms with Crippen molar-refractivity contribution in [2.45, 2.75) is 62.8 Å². The van der Waals surface area contributed by atoms with Gasteiger partial charge in [0.1, 0.15) is 11.5 Å². The Labute approximate surface area is 170 Å². The third-order valence-corrected chi connectivity index (χ3v) is 7.81. The van der Waals surface area contributed by atoms with Crippen LogP contribution in [0.25, 0.3) is 0 Å². The van der Waals surface area contributed by atoms with Crippen molar-refractivity contribution < 1.29 is 13.7 Å². The van der Waals surface area contributed by atoms with E-state index in [0.29, 0.717) is 18.4 Å². The molecule has 0 radical (unpaired) electrons. The summed E-state index contributed by atoms with van der Waals surface area (Å²) in [5, 5.41) is 13.3. The summed E-state index contributed by atoms with van der Waals surface area (Å²) in [4.78, 5) is 13.0. The number of benzene rings is 1. The summed E-state index contributed by atoms with van der Waals surface area (Å²) in [5.41, 5.74) is 5.54. The van der Waals surface area contributed by atoms with Crippen LogP contribution in [0.5, 0.6) is 5.88 Å². The zero-order valence-corrected chi connectivity index (χ0v) is 17.8. The predicted octanol–water partition coefficient (Wildman–Crippen LogP) is 2.14. The maximum atomic E-state index is 13.2. The Balaban J connectivity index is 1.41. The molecule has 1 aromatic heterocycles. The summed E-state index contributed by atoms with van der Waals surface area (Å²) in [6.45, 7) is 6.51. The number of carbonyl (C=O) groups excluding carboxylic acids is 1.